The zero-order valence-electron chi connectivity index (χ0n) is 13.0. The molecular weight excluding hydrogens is 329 g/mol. The molecule has 0 atom stereocenters. The van der Waals surface area contributed by atoms with E-state index in [0.717, 1.165) is 44.7 Å². The minimum absolute atomic E-state index is 0.141. The van der Waals surface area contributed by atoms with Crippen LogP contribution in [0.5, 0.6) is 0 Å². The monoisotopic (exact) mass is 349 g/mol. The number of nitrogens with one attached hydrogen (secondary N) is 1. The van der Waals surface area contributed by atoms with E-state index in [1.165, 1.54) is 5.56 Å². The molecule has 0 amide bonds. The van der Waals surface area contributed by atoms with Gasteiger partial charge in [0.25, 0.3) is 0 Å². The molecule has 4 heteroatoms. The number of hydrogen-bond acceptors (Lipinski definition) is 2. The fourth-order valence-electron chi connectivity index (χ4n) is 3.28. The number of ether oxygens (including phenoxy) is 1. The highest BCUT2D eigenvalue weighted by Crippen LogP contribution is 2.34. The first kappa shape index (κ1) is 16.8. The number of rotatable bonds is 5. The van der Waals surface area contributed by atoms with Crippen LogP contribution in [0, 0.1) is 0 Å². The number of hydrogen-bond donors (Lipinski definition) is 1. The maximum Gasteiger partial charge on any atom is 0.0475 e. The lowest BCUT2D eigenvalue weighted by atomic mass is 9.74. The average molecular weight is 350 g/mol. The summed E-state index contributed by atoms with van der Waals surface area (Å²) in [5.41, 5.74) is 2.64. The molecule has 1 N–H and O–H groups in total. The second kappa shape index (κ2) is 7.67. The second-order valence-corrected chi connectivity index (χ2v) is 7.01. The molecule has 2 aromatic carbocycles. The molecule has 0 radical (unpaired) electrons. The van der Waals surface area contributed by atoms with Crippen LogP contribution in [0.15, 0.2) is 48.5 Å². The molecule has 1 aliphatic heterocycles. The van der Waals surface area contributed by atoms with Gasteiger partial charge in [-0.15, -0.1) is 0 Å². The lowest BCUT2D eigenvalue weighted by Crippen LogP contribution is -2.42. The smallest absolute Gasteiger partial charge is 0.0475 e. The standard InChI is InChI=1S/C19H21Cl2NO/c20-17-10-15(11-18(21)12-17)13-22-14-19(6-8-23-9-7-19)16-4-2-1-3-5-16/h1-5,10-12,22H,6-9,13-14H2. The van der Waals surface area contributed by atoms with Gasteiger partial charge in [-0.3, -0.25) is 0 Å². The van der Waals surface area contributed by atoms with Gasteiger partial charge in [0.15, 0.2) is 0 Å². The van der Waals surface area contributed by atoms with E-state index < -0.39 is 0 Å². The van der Waals surface area contributed by atoms with Crippen molar-refractivity contribution in [3.63, 3.8) is 0 Å². The highest BCUT2D eigenvalue weighted by atomic mass is 35.5. The van der Waals surface area contributed by atoms with Gasteiger partial charge in [0.05, 0.1) is 0 Å². The van der Waals surface area contributed by atoms with Gasteiger partial charge in [-0.1, -0.05) is 53.5 Å². The average Bonchev–Trinajstić information content (AvgIpc) is 2.56. The highest BCUT2D eigenvalue weighted by Gasteiger charge is 2.33. The first-order chi connectivity index (χ1) is 11.2. The summed E-state index contributed by atoms with van der Waals surface area (Å²) in [6.07, 6.45) is 2.08. The zero-order valence-corrected chi connectivity index (χ0v) is 14.5. The Labute approximate surface area is 147 Å². The Bertz CT molecular complexity index is 619. The molecule has 2 aromatic rings. The van der Waals surface area contributed by atoms with Crippen LogP contribution in [0.25, 0.3) is 0 Å². The molecule has 3 rings (SSSR count). The van der Waals surface area contributed by atoms with Crippen LogP contribution in [-0.4, -0.2) is 19.8 Å². The molecule has 1 fully saturated rings. The van der Waals surface area contributed by atoms with Gasteiger partial charge >= 0.3 is 0 Å². The quantitative estimate of drug-likeness (QED) is 0.834. The topological polar surface area (TPSA) is 21.3 Å². The molecule has 0 unspecified atom stereocenters. The lowest BCUT2D eigenvalue weighted by Gasteiger charge is -2.38. The van der Waals surface area contributed by atoms with Crippen molar-refractivity contribution in [1.82, 2.24) is 5.32 Å². The fraction of sp³-hybridized carbons (Fsp3) is 0.368. The van der Waals surface area contributed by atoms with Gasteiger partial charge in [0.1, 0.15) is 0 Å². The van der Waals surface area contributed by atoms with Crippen molar-refractivity contribution in [3.05, 3.63) is 69.7 Å². The maximum absolute atomic E-state index is 6.07. The molecule has 1 saturated heterocycles. The maximum atomic E-state index is 6.07. The zero-order chi connectivity index (χ0) is 16.1. The second-order valence-electron chi connectivity index (χ2n) is 6.14. The predicted octanol–water partition coefficient (Wildman–Crippen LogP) is 4.83. The van der Waals surface area contributed by atoms with Crippen LogP contribution in [0.3, 0.4) is 0 Å². The van der Waals surface area contributed by atoms with Crippen LogP contribution in [0.2, 0.25) is 10.0 Å². The Morgan fingerprint density at radius 3 is 2.26 bits per heavy atom. The summed E-state index contributed by atoms with van der Waals surface area (Å²) in [4.78, 5) is 0. The SMILES string of the molecule is Clc1cc(Cl)cc(CNCC2(c3ccccc3)CCOCC2)c1. The molecule has 1 heterocycles. The molecule has 0 aromatic heterocycles. The van der Waals surface area contributed by atoms with Gasteiger partial charge in [-0.2, -0.15) is 0 Å². The summed E-state index contributed by atoms with van der Waals surface area (Å²) in [5, 5.41) is 4.95. The molecule has 2 nitrogen and oxygen atoms in total. The van der Waals surface area contributed by atoms with Crippen molar-refractivity contribution in [2.75, 3.05) is 19.8 Å². The first-order valence-corrected chi connectivity index (χ1v) is 8.73. The molecule has 0 spiro atoms. The van der Waals surface area contributed by atoms with Crippen LogP contribution >= 0.6 is 23.2 Å². The minimum Gasteiger partial charge on any atom is -0.381 e. The van der Waals surface area contributed by atoms with Gasteiger partial charge in [-0.05, 0) is 42.2 Å². The summed E-state index contributed by atoms with van der Waals surface area (Å²) < 4.78 is 5.58. The van der Waals surface area contributed by atoms with Crippen LogP contribution in [-0.2, 0) is 16.7 Å². The van der Waals surface area contributed by atoms with Crippen molar-refractivity contribution in [1.29, 1.82) is 0 Å². The number of benzene rings is 2. The van der Waals surface area contributed by atoms with Crippen LogP contribution < -0.4 is 5.32 Å². The first-order valence-electron chi connectivity index (χ1n) is 7.97. The normalized spacial score (nSPS) is 17.1. The van der Waals surface area contributed by atoms with Gasteiger partial charge < -0.3 is 10.1 Å². The van der Waals surface area contributed by atoms with E-state index in [1.807, 2.05) is 12.1 Å². The van der Waals surface area contributed by atoms with E-state index in [-0.39, 0.29) is 5.41 Å². The summed E-state index contributed by atoms with van der Waals surface area (Å²) in [7, 11) is 0. The van der Waals surface area contributed by atoms with Crippen molar-refractivity contribution in [3.8, 4) is 0 Å². The molecule has 0 saturated carbocycles. The highest BCUT2D eigenvalue weighted by molar-refractivity contribution is 6.34. The summed E-state index contributed by atoms with van der Waals surface area (Å²) in [5.74, 6) is 0. The fourth-order valence-corrected chi connectivity index (χ4v) is 3.85. The molecule has 0 aliphatic carbocycles. The van der Waals surface area contributed by atoms with Crippen LogP contribution in [0.4, 0.5) is 0 Å². The third kappa shape index (κ3) is 4.27. The summed E-state index contributed by atoms with van der Waals surface area (Å²) >= 11 is 12.1. The molecule has 1 aliphatic rings. The lowest BCUT2D eigenvalue weighted by molar-refractivity contribution is 0.0498. The molecule has 0 bridgehead atoms. The number of halogens is 2. The Morgan fingerprint density at radius 1 is 0.957 bits per heavy atom. The summed E-state index contributed by atoms with van der Waals surface area (Å²) in [6.45, 7) is 3.32. The Balaban J connectivity index is 1.70. The van der Waals surface area contributed by atoms with Crippen molar-refractivity contribution in [2.45, 2.75) is 24.8 Å². The molecule has 122 valence electrons. The van der Waals surface area contributed by atoms with E-state index in [1.54, 1.807) is 6.07 Å². The van der Waals surface area contributed by atoms with E-state index >= 15 is 0 Å². The van der Waals surface area contributed by atoms with E-state index in [0.29, 0.717) is 10.0 Å². The predicted molar refractivity (Wildman–Crippen MR) is 96.3 cm³/mol. The third-order valence-electron chi connectivity index (χ3n) is 4.55. The largest absolute Gasteiger partial charge is 0.381 e. The van der Waals surface area contributed by atoms with E-state index in [9.17, 15) is 0 Å². The molecular formula is C19H21Cl2NO. The minimum atomic E-state index is 0.141. The third-order valence-corrected chi connectivity index (χ3v) is 4.99. The van der Waals surface area contributed by atoms with Gasteiger partial charge in [-0.25, -0.2) is 0 Å². The van der Waals surface area contributed by atoms with Gasteiger partial charge in [0.2, 0.25) is 0 Å². The summed E-state index contributed by atoms with van der Waals surface area (Å²) in [6, 6.07) is 16.4. The Morgan fingerprint density at radius 2 is 1.61 bits per heavy atom. The molecule has 23 heavy (non-hydrogen) atoms. The van der Waals surface area contributed by atoms with Crippen molar-refractivity contribution >= 4 is 23.2 Å². The van der Waals surface area contributed by atoms with Crippen LogP contribution in [0.1, 0.15) is 24.0 Å². The van der Waals surface area contributed by atoms with Gasteiger partial charge in [0, 0.05) is 41.8 Å². The van der Waals surface area contributed by atoms with Crippen molar-refractivity contribution < 1.29 is 4.74 Å². The van der Waals surface area contributed by atoms with E-state index in [4.69, 9.17) is 27.9 Å². The Kier molecular flexibility index (Phi) is 5.60. The Hall–Kier alpha value is -1.06. The van der Waals surface area contributed by atoms with Crippen molar-refractivity contribution in [2.24, 2.45) is 0 Å². The van der Waals surface area contributed by atoms with E-state index in [2.05, 4.69) is 35.6 Å².